The van der Waals surface area contributed by atoms with E-state index in [1.807, 2.05) is 4.57 Å². The van der Waals surface area contributed by atoms with Crippen molar-refractivity contribution in [3.8, 4) is 0 Å². The van der Waals surface area contributed by atoms with E-state index in [0.717, 1.165) is 6.54 Å². The Bertz CT molecular complexity index is 390. The lowest BCUT2D eigenvalue weighted by atomic mass is 10.1. The van der Waals surface area contributed by atoms with Crippen molar-refractivity contribution in [2.24, 2.45) is 0 Å². The molecule has 1 saturated heterocycles. The summed E-state index contributed by atoms with van der Waals surface area (Å²) in [4.78, 5) is 2.47. The zero-order valence-electron chi connectivity index (χ0n) is 9.65. The lowest BCUT2D eigenvalue weighted by molar-refractivity contribution is 0.202. The molecule has 0 aliphatic carbocycles. The highest BCUT2D eigenvalue weighted by Crippen LogP contribution is 2.16. The van der Waals surface area contributed by atoms with Crippen LogP contribution in [0.25, 0.3) is 0 Å². The molecule has 1 aliphatic heterocycles. The quantitative estimate of drug-likeness (QED) is 0.789. The molecule has 1 unspecified atom stereocenters. The highest BCUT2D eigenvalue weighted by atomic mass is 32.1. The van der Waals surface area contributed by atoms with Crippen molar-refractivity contribution in [2.75, 3.05) is 25.4 Å². The van der Waals surface area contributed by atoms with E-state index in [0.29, 0.717) is 10.7 Å². The number of rotatable bonds is 3. The van der Waals surface area contributed by atoms with Crippen molar-refractivity contribution in [3.05, 3.63) is 4.77 Å². The third-order valence-electron chi connectivity index (χ3n) is 3.14. The first kappa shape index (κ1) is 11.6. The molecular weight excluding hydrogens is 222 g/mol. The Morgan fingerprint density at radius 3 is 2.69 bits per heavy atom. The van der Waals surface area contributed by atoms with Gasteiger partial charge in [-0.1, -0.05) is 6.42 Å². The summed E-state index contributed by atoms with van der Waals surface area (Å²) in [5.41, 5.74) is 5.78. The van der Waals surface area contributed by atoms with Gasteiger partial charge in [0.2, 0.25) is 5.95 Å². The first-order valence-electron chi connectivity index (χ1n) is 5.83. The van der Waals surface area contributed by atoms with Gasteiger partial charge in [-0.3, -0.25) is 4.57 Å². The van der Waals surface area contributed by atoms with Crippen LogP contribution in [0.15, 0.2) is 0 Å². The van der Waals surface area contributed by atoms with Crippen LogP contribution in [0.2, 0.25) is 0 Å². The highest BCUT2D eigenvalue weighted by molar-refractivity contribution is 7.71. The predicted molar refractivity (Wildman–Crippen MR) is 66.8 cm³/mol. The number of piperidine rings is 1. The molecule has 1 aromatic rings. The van der Waals surface area contributed by atoms with Crippen LogP contribution in [0.1, 0.15) is 32.2 Å². The minimum absolute atomic E-state index is 0.282. The lowest BCUT2D eigenvalue weighted by Gasteiger charge is -2.29. The average Bonchev–Trinajstić information content (AvgIpc) is 2.60. The molecule has 2 heterocycles. The largest absolute Gasteiger partial charge is 0.368 e. The van der Waals surface area contributed by atoms with E-state index in [1.165, 1.54) is 32.4 Å². The molecule has 6 heteroatoms. The van der Waals surface area contributed by atoms with Crippen LogP contribution in [-0.4, -0.2) is 39.3 Å². The number of hydrogen-bond acceptors (Lipinski definition) is 4. The third kappa shape index (κ3) is 2.44. The normalized spacial score (nSPS) is 19.8. The minimum atomic E-state index is 0.282. The van der Waals surface area contributed by atoms with E-state index in [2.05, 4.69) is 22.0 Å². The number of nitrogens with two attached hydrogens (primary N) is 1. The van der Waals surface area contributed by atoms with Crippen molar-refractivity contribution >= 4 is 18.2 Å². The molecule has 0 amide bonds. The van der Waals surface area contributed by atoms with Gasteiger partial charge in [0, 0.05) is 12.6 Å². The van der Waals surface area contributed by atoms with E-state index in [9.17, 15) is 0 Å². The standard InChI is InChI=1S/C10H19N5S/c1-8(7-14-5-3-2-4-6-14)15-9(11)12-13-10(15)16/h8H,2-7H2,1H3,(H2,11,12)(H,13,16). The molecule has 1 aliphatic rings. The number of nitrogens with one attached hydrogen (secondary N) is 1. The second kappa shape index (κ2) is 4.97. The third-order valence-corrected chi connectivity index (χ3v) is 3.43. The van der Waals surface area contributed by atoms with Gasteiger partial charge < -0.3 is 10.6 Å². The molecule has 0 spiro atoms. The molecule has 1 atom stereocenters. The number of aromatic nitrogens is 3. The van der Waals surface area contributed by atoms with E-state index < -0.39 is 0 Å². The Morgan fingerprint density at radius 1 is 1.44 bits per heavy atom. The number of anilines is 1. The summed E-state index contributed by atoms with van der Waals surface area (Å²) in [6.07, 6.45) is 3.97. The number of nitrogens with zero attached hydrogens (tertiary/aromatic N) is 3. The lowest BCUT2D eigenvalue weighted by Crippen LogP contribution is -2.34. The summed E-state index contributed by atoms with van der Waals surface area (Å²) in [5, 5.41) is 6.66. The van der Waals surface area contributed by atoms with Gasteiger partial charge in [-0.15, -0.1) is 5.10 Å². The molecule has 3 N–H and O–H groups in total. The molecule has 0 radical (unpaired) electrons. The summed E-state index contributed by atoms with van der Waals surface area (Å²) in [6.45, 7) is 5.51. The Balaban J connectivity index is 2.02. The summed E-state index contributed by atoms with van der Waals surface area (Å²) < 4.78 is 2.51. The van der Waals surface area contributed by atoms with Gasteiger partial charge in [-0.05, 0) is 45.1 Å². The maximum atomic E-state index is 5.78. The second-order valence-electron chi connectivity index (χ2n) is 4.47. The number of likely N-dealkylation sites (tertiary alicyclic amines) is 1. The molecule has 0 saturated carbocycles. The smallest absolute Gasteiger partial charge is 0.220 e. The van der Waals surface area contributed by atoms with Crippen LogP contribution in [-0.2, 0) is 0 Å². The van der Waals surface area contributed by atoms with Crippen LogP contribution in [0, 0.1) is 4.77 Å². The highest BCUT2D eigenvalue weighted by Gasteiger charge is 2.16. The molecule has 1 aromatic heterocycles. The fourth-order valence-corrected chi connectivity index (χ4v) is 2.66. The molecule has 16 heavy (non-hydrogen) atoms. The number of nitrogen functional groups attached to an aromatic ring is 1. The Morgan fingerprint density at radius 2 is 2.12 bits per heavy atom. The number of hydrogen-bond donors (Lipinski definition) is 2. The summed E-state index contributed by atoms with van der Waals surface area (Å²) in [7, 11) is 0. The van der Waals surface area contributed by atoms with Gasteiger partial charge in [-0.25, -0.2) is 5.10 Å². The molecule has 0 aromatic carbocycles. The van der Waals surface area contributed by atoms with Gasteiger partial charge >= 0.3 is 0 Å². The average molecular weight is 241 g/mol. The van der Waals surface area contributed by atoms with Gasteiger partial charge in [0.25, 0.3) is 0 Å². The number of aromatic amines is 1. The van der Waals surface area contributed by atoms with Crippen molar-refractivity contribution in [1.82, 2.24) is 19.7 Å². The van der Waals surface area contributed by atoms with Gasteiger partial charge in [-0.2, -0.15) is 0 Å². The van der Waals surface area contributed by atoms with E-state index in [-0.39, 0.29) is 6.04 Å². The zero-order chi connectivity index (χ0) is 11.5. The summed E-state index contributed by atoms with van der Waals surface area (Å²) in [6, 6.07) is 0.282. The monoisotopic (exact) mass is 241 g/mol. The van der Waals surface area contributed by atoms with Crippen molar-refractivity contribution in [1.29, 1.82) is 0 Å². The fourth-order valence-electron chi connectivity index (χ4n) is 2.34. The maximum absolute atomic E-state index is 5.78. The van der Waals surface area contributed by atoms with Crippen molar-refractivity contribution in [2.45, 2.75) is 32.2 Å². The van der Waals surface area contributed by atoms with E-state index >= 15 is 0 Å². The molecule has 2 rings (SSSR count). The Kier molecular flexibility index (Phi) is 3.60. The minimum Gasteiger partial charge on any atom is -0.368 e. The second-order valence-corrected chi connectivity index (χ2v) is 4.85. The predicted octanol–water partition coefficient (Wildman–Crippen LogP) is 1.57. The SMILES string of the molecule is CC(CN1CCCCC1)n1c(N)n[nH]c1=S. The topological polar surface area (TPSA) is 62.9 Å². The first-order chi connectivity index (χ1) is 7.68. The molecule has 1 fully saturated rings. The van der Waals surface area contributed by atoms with Crippen molar-refractivity contribution in [3.63, 3.8) is 0 Å². The van der Waals surface area contributed by atoms with E-state index in [1.54, 1.807) is 0 Å². The Labute approximate surface area is 101 Å². The van der Waals surface area contributed by atoms with Crippen LogP contribution in [0.5, 0.6) is 0 Å². The van der Waals surface area contributed by atoms with Crippen LogP contribution in [0.3, 0.4) is 0 Å². The molecule has 0 bridgehead atoms. The van der Waals surface area contributed by atoms with Crippen LogP contribution < -0.4 is 5.73 Å². The van der Waals surface area contributed by atoms with E-state index in [4.69, 9.17) is 18.0 Å². The molecular formula is C10H19N5S. The number of H-pyrrole nitrogens is 1. The van der Waals surface area contributed by atoms with Gasteiger partial charge in [0.05, 0.1) is 0 Å². The maximum Gasteiger partial charge on any atom is 0.220 e. The first-order valence-corrected chi connectivity index (χ1v) is 6.24. The summed E-state index contributed by atoms with van der Waals surface area (Å²) in [5.74, 6) is 0.481. The molecule has 90 valence electrons. The summed E-state index contributed by atoms with van der Waals surface area (Å²) >= 11 is 5.16. The van der Waals surface area contributed by atoms with Gasteiger partial charge in [0.1, 0.15) is 0 Å². The van der Waals surface area contributed by atoms with Gasteiger partial charge in [0.15, 0.2) is 4.77 Å². The van der Waals surface area contributed by atoms with Crippen LogP contribution in [0.4, 0.5) is 5.95 Å². The van der Waals surface area contributed by atoms with Crippen molar-refractivity contribution < 1.29 is 0 Å². The Hall–Kier alpha value is -0.880. The fraction of sp³-hybridized carbons (Fsp3) is 0.800. The molecule has 5 nitrogen and oxygen atoms in total. The van der Waals surface area contributed by atoms with Crippen LogP contribution >= 0.6 is 12.2 Å². The zero-order valence-corrected chi connectivity index (χ0v) is 10.5.